The molecule has 4 N–H and O–H groups in total. The van der Waals surface area contributed by atoms with Gasteiger partial charge in [0.1, 0.15) is 22.8 Å². The molecule has 0 unspecified atom stereocenters. The van der Waals surface area contributed by atoms with Crippen LogP contribution in [0.4, 0.5) is 22.7 Å². The molecule has 0 bridgehead atoms. The van der Waals surface area contributed by atoms with Crippen molar-refractivity contribution in [1.29, 1.82) is 0 Å². The van der Waals surface area contributed by atoms with E-state index in [1.165, 1.54) is 7.11 Å². The Balaban J connectivity index is 2.17. The Bertz CT molecular complexity index is 656. The molecule has 21 heavy (non-hydrogen) atoms. The van der Waals surface area contributed by atoms with Gasteiger partial charge in [-0.05, 0) is 29.4 Å². The number of methoxy groups -OCH3 is 1. The minimum atomic E-state index is 0.360. The minimum Gasteiger partial charge on any atom is -0.494 e. The molecule has 0 aliphatic rings. The lowest BCUT2D eigenvalue weighted by molar-refractivity contribution is -0.353. The molecule has 2 aromatic rings. The maximum absolute atomic E-state index is 10.3. The second kappa shape index (κ2) is 6.38. The molecule has 2 rings (SSSR count). The summed E-state index contributed by atoms with van der Waals surface area (Å²) in [6, 6.07) is 9.92. The molecule has 0 aliphatic heterocycles. The van der Waals surface area contributed by atoms with Gasteiger partial charge in [0, 0.05) is 6.07 Å². The molecule has 7 heteroatoms. The zero-order valence-corrected chi connectivity index (χ0v) is 11.4. The first kappa shape index (κ1) is 14.3. The van der Waals surface area contributed by atoms with E-state index in [9.17, 15) is 4.91 Å². The maximum atomic E-state index is 10.3. The second-order valence-electron chi connectivity index (χ2n) is 4.12. The van der Waals surface area contributed by atoms with E-state index in [1.54, 1.807) is 36.4 Å². The summed E-state index contributed by atoms with van der Waals surface area (Å²) in [5.41, 5.74) is 13.9. The van der Waals surface area contributed by atoms with E-state index in [0.29, 0.717) is 28.6 Å². The van der Waals surface area contributed by atoms with Crippen molar-refractivity contribution in [3.05, 3.63) is 41.3 Å². The van der Waals surface area contributed by atoms with Crippen LogP contribution in [-0.4, -0.2) is 13.9 Å². The fourth-order valence-electron chi connectivity index (χ4n) is 1.71. The Morgan fingerprint density at radius 2 is 1.95 bits per heavy atom. The number of hydrazine groups is 1. The number of ether oxygens (including phenoxy) is 1. The van der Waals surface area contributed by atoms with Crippen LogP contribution in [0.15, 0.2) is 41.6 Å². The maximum Gasteiger partial charge on any atom is 0.376 e. The zero-order valence-electron chi connectivity index (χ0n) is 11.4. The number of nitrogen functional groups attached to an aromatic ring is 1. The lowest BCUT2D eigenvalue weighted by Crippen LogP contribution is -2.09. The van der Waals surface area contributed by atoms with Gasteiger partial charge in [-0.2, -0.15) is 0 Å². The van der Waals surface area contributed by atoms with Crippen molar-refractivity contribution < 1.29 is 9.16 Å². The highest BCUT2D eigenvalue weighted by Crippen LogP contribution is 2.34. The van der Waals surface area contributed by atoms with E-state index in [2.05, 4.69) is 22.8 Å². The van der Waals surface area contributed by atoms with Gasteiger partial charge in [-0.25, -0.2) is 4.42 Å². The summed E-state index contributed by atoms with van der Waals surface area (Å²) in [5.74, 6) is 0.979. The highest BCUT2D eigenvalue weighted by molar-refractivity contribution is 5.70. The number of nitrogens with two attached hydrogens (primary N) is 1. The summed E-state index contributed by atoms with van der Waals surface area (Å²) in [4.78, 5) is 10.3. The van der Waals surface area contributed by atoms with E-state index in [4.69, 9.17) is 14.9 Å². The van der Waals surface area contributed by atoms with E-state index >= 15 is 0 Å². The number of nitrogens with one attached hydrogen (secondary N) is 2. The Morgan fingerprint density at radius 3 is 2.52 bits per heavy atom. The molecule has 7 nitrogen and oxygen atoms in total. The third-order valence-electron chi connectivity index (χ3n) is 2.80. The Hall–Kier alpha value is -3.09. The van der Waals surface area contributed by atoms with Crippen LogP contribution in [0.5, 0.6) is 11.5 Å². The number of nitroso groups, excluding NO2 is 1. The van der Waals surface area contributed by atoms with Crippen molar-refractivity contribution in [2.75, 3.05) is 23.7 Å². The molecule has 0 fully saturated rings. The summed E-state index contributed by atoms with van der Waals surface area (Å²) in [6.07, 6.45) is 0. The van der Waals surface area contributed by atoms with Crippen molar-refractivity contribution in [2.45, 2.75) is 0 Å². The molecule has 0 saturated heterocycles. The van der Waals surface area contributed by atoms with E-state index in [1.807, 2.05) is 0 Å². The largest absolute Gasteiger partial charge is 0.494 e. The molecule has 0 atom stereocenters. The van der Waals surface area contributed by atoms with Gasteiger partial charge in [0.05, 0.1) is 18.9 Å². The fourth-order valence-corrected chi connectivity index (χ4v) is 1.71. The van der Waals surface area contributed by atoms with Crippen LogP contribution in [0.25, 0.3) is 0 Å². The number of carbonyl (C=O) groups excluding carboxylic acids is 1. The Kier molecular flexibility index (Phi) is 4.35. The van der Waals surface area contributed by atoms with Gasteiger partial charge in [-0.1, -0.05) is 0 Å². The number of hydrogen-bond acceptors (Lipinski definition) is 6. The molecule has 0 heterocycles. The van der Waals surface area contributed by atoms with Crippen molar-refractivity contribution in [1.82, 2.24) is 0 Å². The molecular weight excluding hydrogens is 272 g/mol. The van der Waals surface area contributed by atoms with Gasteiger partial charge in [-0.15, -0.1) is 4.91 Å². The number of hydrogen-bond donors (Lipinski definition) is 3. The molecule has 0 saturated carbocycles. The van der Waals surface area contributed by atoms with Crippen LogP contribution in [0.1, 0.15) is 0 Å². The first-order valence-electron chi connectivity index (χ1n) is 6.03. The van der Waals surface area contributed by atoms with Crippen LogP contribution in [0.3, 0.4) is 0 Å². The molecule has 0 spiro atoms. The van der Waals surface area contributed by atoms with Crippen LogP contribution >= 0.6 is 0 Å². The highest BCUT2D eigenvalue weighted by Gasteiger charge is 2.14. The number of nitrogens with zero attached hydrogens (tertiary/aromatic N) is 1. The van der Waals surface area contributed by atoms with Gasteiger partial charge in [0.2, 0.25) is 0 Å². The highest BCUT2D eigenvalue weighted by atomic mass is 16.5. The lowest BCUT2D eigenvalue weighted by atomic mass is 10.2. The van der Waals surface area contributed by atoms with Crippen LogP contribution in [0.2, 0.25) is 0 Å². The topological polar surface area (TPSA) is 100 Å². The van der Waals surface area contributed by atoms with Gasteiger partial charge in [0.15, 0.2) is 0 Å². The average molecular weight is 287 g/mol. The van der Waals surface area contributed by atoms with Crippen LogP contribution < -0.4 is 21.3 Å². The van der Waals surface area contributed by atoms with Gasteiger partial charge < -0.3 is 15.9 Å². The quantitative estimate of drug-likeness (QED) is 0.328. The third-order valence-corrected chi connectivity index (χ3v) is 2.80. The first-order chi connectivity index (χ1) is 10.2. The summed E-state index contributed by atoms with van der Waals surface area (Å²) < 4.78 is 10.2. The van der Waals surface area contributed by atoms with Crippen LogP contribution in [-0.2, 0) is 4.42 Å². The average Bonchev–Trinajstić information content (AvgIpc) is 2.53. The molecule has 0 aromatic heterocycles. The van der Waals surface area contributed by atoms with E-state index in [-0.39, 0.29) is 0 Å². The predicted octanol–water partition coefficient (Wildman–Crippen LogP) is 3.19. The summed E-state index contributed by atoms with van der Waals surface area (Å²) >= 11 is 0. The Labute approximate surface area is 121 Å². The first-order valence-corrected chi connectivity index (χ1v) is 6.03. The van der Waals surface area contributed by atoms with Gasteiger partial charge in [-0.3, -0.25) is 5.43 Å². The van der Waals surface area contributed by atoms with Crippen molar-refractivity contribution in [3.8, 4) is 11.5 Å². The molecule has 108 valence electrons. The van der Waals surface area contributed by atoms with Crippen molar-refractivity contribution in [3.63, 3.8) is 0 Å². The van der Waals surface area contributed by atoms with E-state index in [0.717, 1.165) is 5.69 Å². The molecule has 0 amide bonds. The molecule has 2 aromatic carbocycles. The fraction of sp³-hybridized carbons (Fsp3) is 0.0714. The summed E-state index contributed by atoms with van der Waals surface area (Å²) in [7, 11) is 1.54. The third kappa shape index (κ3) is 3.27. The summed E-state index contributed by atoms with van der Waals surface area (Å²) in [6.45, 7) is 3.34. The van der Waals surface area contributed by atoms with Gasteiger partial charge >= 0.3 is 5.75 Å². The number of benzene rings is 2. The minimum absolute atomic E-state index is 0.360. The van der Waals surface area contributed by atoms with Crippen LogP contribution in [0, 0.1) is 4.91 Å². The second-order valence-corrected chi connectivity index (χ2v) is 4.12. The lowest BCUT2D eigenvalue weighted by Gasteiger charge is -2.13. The molecule has 0 radical (unpaired) electrons. The standard InChI is InChI=1S/C14H14N4O3/c1-20-13-8-12(14(21-2)7-11(13)15)17-16-9-3-5-10(18-19)6-4-9/h3-8H,1H2,2H3,(H3-,15,16,17,18,19)/p+1. The number of rotatable bonds is 6. The predicted molar refractivity (Wildman–Crippen MR) is 83.1 cm³/mol. The van der Waals surface area contributed by atoms with Gasteiger partial charge in [0.25, 0.3) is 6.79 Å². The normalized spacial score (nSPS) is 9.76. The molecule has 0 aliphatic carbocycles. The molecular formula is C14H15N4O3+. The SMILES string of the molecule is C=[O+]c1cc(NNc2ccc(N=O)cc2)c(OC)cc1N. The van der Waals surface area contributed by atoms with Crippen molar-refractivity contribution >= 4 is 29.5 Å². The smallest absolute Gasteiger partial charge is 0.376 e. The van der Waals surface area contributed by atoms with Crippen molar-refractivity contribution in [2.24, 2.45) is 5.18 Å². The zero-order chi connectivity index (χ0) is 15.2. The summed E-state index contributed by atoms with van der Waals surface area (Å²) in [5, 5.41) is 2.83. The Morgan fingerprint density at radius 1 is 1.24 bits per heavy atom. The monoisotopic (exact) mass is 287 g/mol. The van der Waals surface area contributed by atoms with E-state index < -0.39 is 0 Å². The number of anilines is 3.